The van der Waals surface area contributed by atoms with Gasteiger partial charge < -0.3 is 15.5 Å². The number of piperazine rings is 1. The zero-order chi connectivity index (χ0) is 27.1. The molecule has 11 nitrogen and oxygen atoms in total. The number of nitrogens with one attached hydrogen (secondary N) is 3. The molecule has 2 aliphatic carbocycles. The molecular weight excluding hydrogens is 498 g/mol. The molecule has 37 heavy (non-hydrogen) atoms. The predicted molar refractivity (Wildman–Crippen MR) is 139 cm³/mol. The standard InChI is InChI=1S/C25H43N5O6S/c1-3-4-12-21(22(32)23(33)26-20-10-6-7-11-20)27-24(34)25(13-8-5-9-14-25)28-37(35,36)30-17-15-29(16-18-30)19(2)31/h20-21,28H,3-18H2,1-2H3,(H,26,33)(H,27,34). The van der Waals surface area contributed by atoms with Crippen molar-refractivity contribution >= 4 is 33.7 Å². The summed E-state index contributed by atoms with van der Waals surface area (Å²) in [5, 5.41) is 5.57. The Morgan fingerprint density at radius 3 is 2.14 bits per heavy atom. The van der Waals surface area contributed by atoms with Crippen LogP contribution in [0.5, 0.6) is 0 Å². The second kappa shape index (κ2) is 13.1. The van der Waals surface area contributed by atoms with Crippen LogP contribution in [0.3, 0.4) is 0 Å². The first-order valence-corrected chi connectivity index (χ1v) is 15.2. The van der Waals surface area contributed by atoms with E-state index in [2.05, 4.69) is 15.4 Å². The van der Waals surface area contributed by atoms with Crippen molar-refractivity contribution in [3.05, 3.63) is 0 Å². The number of nitrogens with zero attached hydrogens (tertiary/aromatic N) is 2. The van der Waals surface area contributed by atoms with E-state index in [1.807, 2.05) is 6.92 Å². The predicted octanol–water partition coefficient (Wildman–Crippen LogP) is 0.991. The third kappa shape index (κ3) is 7.73. The largest absolute Gasteiger partial charge is 0.347 e. The Morgan fingerprint density at radius 1 is 0.946 bits per heavy atom. The summed E-state index contributed by atoms with van der Waals surface area (Å²) in [7, 11) is -4.02. The number of rotatable bonds is 11. The summed E-state index contributed by atoms with van der Waals surface area (Å²) in [5.74, 6) is -2.02. The Balaban J connectivity index is 1.72. The minimum absolute atomic E-state index is 0.0149. The molecule has 3 fully saturated rings. The Labute approximate surface area is 220 Å². The number of ketones is 1. The van der Waals surface area contributed by atoms with Gasteiger partial charge in [0.05, 0.1) is 6.04 Å². The maximum Gasteiger partial charge on any atom is 0.289 e. The molecule has 1 aliphatic heterocycles. The quantitative estimate of drug-likeness (QED) is 0.333. The Bertz CT molecular complexity index is 935. The fourth-order valence-corrected chi connectivity index (χ4v) is 7.11. The zero-order valence-electron chi connectivity index (χ0n) is 22.2. The van der Waals surface area contributed by atoms with Gasteiger partial charge in [0.25, 0.3) is 16.1 Å². The average molecular weight is 542 g/mol. The van der Waals surface area contributed by atoms with Crippen LogP contribution in [0, 0.1) is 0 Å². The molecule has 3 amide bonds. The van der Waals surface area contributed by atoms with Crippen LogP contribution in [-0.2, 0) is 29.4 Å². The van der Waals surface area contributed by atoms with Gasteiger partial charge in [0.15, 0.2) is 0 Å². The normalized spacial score (nSPS) is 21.8. The molecule has 3 aliphatic rings. The Morgan fingerprint density at radius 2 is 1.57 bits per heavy atom. The highest BCUT2D eigenvalue weighted by atomic mass is 32.2. The molecule has 0 aromatic carbocycles. The highest BCUT2D eigenvalue weighted by Gasteiger charge is 2.46. The number of Topliss-reactive ketones (excluding diaryl/α,β-unsaturated/α-hetero) is 1. The van der Waals surface area contributed by atoms with Crippen LogP contribution in [0.25, 0.3) is 0 Å². The van der Waals surface area contributed by atoms with Crippen LogP contribution in [0.1, 0.15) is 90.9 Å². The molecule has 0 radical (unpaired) electrons. The van der Waals surface area contributed by atoms with Crippen molar-refractivity contribution < 1.29 is 27.6 Å². The molecule has 0 aromatic rings. The van der Waals surface area contributed by atoms with Gasteiger partial charge in [-0.2, -0.15) is 17.4 Å². The summed E-state index contributed by atoms with van der Waals surface area (Å²) < 4.78 is 30.6. The summed E-state index contributed by atoms with van der Waals surface area (Å²) in [4.78, 5) is 52.7. The van der Waals surface area contributed by atoms with E-state index in [1.54, 1.807) is 4.90 Å². The molecule has 1 atom stereocenters. The lowest BCUT2D eigenvalue weighted by atomic mass is 9.81. The van der Waals surface area contributed by atoms with E-state index < -0.39 is 39.4 Å². The summed E-state index contributed by atoms with van der Waals surface area (Å²) >= 11 is 0. The minimum Gasteiger partial charge on any atom is -0.347 e. The highest BCUT2D eigenvalue weighted by Crippen LogP contribution is 2.30. The van der Waals surface area contributed by atoms with Crippen LogP contribution >= 0.6 is 0 Å². The van der Waals surface area contributed by atoms with Crippen LogP contribution < -0.4 is 15.4 Å². The van der Waals surface area contributed by atoms with E-state index in [0.29, 0.717) is 51.6 Å². The average Bonchev–Trinajstić information content (AvgIpc) is 3.39. The van der Waals surface area contributed by atoms with E-state index in [4.69, 9.17) is 0 Å². The van der Waals surface area contributed by atoms with E-state index in [1.165, 1.54) is 11.2 Å². The molecule has 1 saturated heterocycles. The summed E-state index contributed by atoms with van der Waals surface area (Å²) in [6, 6.07) is -1.02. The second-order valence-corrected chi connectivity index (χ2v) is 12.3. The van der Waals surface area contributed by atoms with Crippen molar-refractivity contribution in [3.63, 3.8) is 0 Å². The van der Waals surface area contributed by atoms with Crippen molar-refractivity contribution in [1.29, 1.82) is 0 Å². The Kier molecular flexibility index (Phi) is 10.5. The lowest BCUT2D eigenvalue weighted by Gasteiger charge is -2.40. The van der Waals surface area contributed by atoms with Crippen molar-refractivity contribution in [3.8, 4) is 0 Å². The molecule has 0 spiro atoms. The highest BCUT2D eigenvalue weighted by molar-refractivity contribution is 7.87. The fraction of sp³-hybridized carbons (Fsp3) is 0.840. The number of amides is 3. The second-order valence-electron chi connectivity index (χ2n) is 10.6. The molecule has 210 valence electrons. The van der Waals surface area contributed by atoms with Gasteiger partial charge in [-0.05, 0) is 32.1 Å². The third-order valence-corrected chi connectivity index (χ3v) is 9.57. The van der Waals surface area contributed by atoms with Crippen LogP contribution in [0.15, 0.2) is 0 Å². The summed E-state index contributed by atoms with van der Waals surface area (Å²) in [5.41, 5.74) is -1.39. The van der Waals surface area contributed by atoms with Gasteiger partial charge in [-0.1, -0.05) is 51.9 Å². The molecule has 12 heteroatoms. The maximum absolute atomic E-state index is 13.7. The van der Waals surface area contributed by atoms with Crippen LogP contribution in [0.2, 0.25) is 0 Å². The monoisotopic (exact) mass is 541 g/mol. The van der Waals surface area contributed by atoms with Crippen molar-refractivity contribution in [2.45, 2.75) is 109 Å². The first-order valence-electron chi connectivity index (χ1n) is 13.8. The lowest BCUT2D eigenvalue weighted by molar-refractivity contribution is -0.141. The van der Waals surface area contributed by atoms with E-state index >= 15 is 0 Å². The van der Waals surface area contributed by atoms with Gasteiger partial charge in [-0.3, -0.25) is 19.2 Å². The van der Waals surface area contributed by atoms with Gasteiger partial charge in [-0.25, -0.2) is 0 Å². The van der Waals surface area contributed by atoms with E-state index in [0.717, 1.165) is 38.5 Å². The lowest BCUT2D eigenvalue weighted by Crippen LogP contribution is -2.65. The Hall–Kier alpha value is -2.05. The SMILES string of the molecule is CCCCC(NC(=O)C1(NS(=O)(=O)N2CCN(C(C)=O)CC2)CCCCC1)C(=O)C(=O)NC1CCCC1. The van der Waals surface area contributed by atoms with Crippen molar-refractivity contribution in [2.75, 3.05) is 26.2 Å². The minimum atomic E-state index is -4.02. The summed E-state index contributed by atoms with van der Waals surface area (Å²) in [6.45, 7) is 4.29. The number of hydrogen-bond acceptors (Lipinski definition) is 6. The fourth-order valence-electron chi connectivity index (χ4n) is 5.54. The van der Waals surface area contributed by atoms with E-state index in [9.17, 15) is 27.6 Å². The summed E-state index contributed by atoms with van der Waals surface area (Å²) in [6.07, 6.45) is 8.32. The van der Waals surface area contributed by atoms with Gasteiger partial charge in [0, 0.05) is 39.1 Å². The first kappa shape index (κ1) is 29.5. The van der Waals surface area contributed by atoms with Gasteiger partial charge in [0.2, 0.25) is 17.6 Å². The maximum atomic E-state index is 13.7. The molecule has 2 saturated carbocycles. The topological polar surface area (TPSA) is 145 Å². The number of carbonyl (C=O) groups excluding carboxylic acids is 4. The number of hydrogen-bond donors (Lipinski definition) is 3. The smallest absolute Gasteiger partial charge is 0.289 e. The van der Waals surface area contributed by atoms with Gasteiger partial charge >= 0.3 is 0 Å². The molecule has 0 aromatic heterocycles. The number of unbranched alkanes of at least 4 members (excludes halogenated alkanes) is 1. The first-order chi connectivity index (χ1) is 17.6. The zero-order valence-corrected chi connectivity index (χ0v) is 23.0. The van der Waals surface area contributed by atoms with Crippen LogP contribution in [-0.4, -0.2) is 84.9 Å². The third-order valence-electron chi connectivity index (χ3n) is 7.87. The molecular formula is C25H43N5O6S. The molecule has 1 unspecified atom stereocenters. The molecule has 3 N–H and O–H groups in total. The van der Waals surface area contributed by atoms with Gasteiger partial charge in [0.1, 0.15) is 5.54 Å². The van der Waals surface area contributed by atoms with Crippen molar-refractivity contribution in [1.82, 2.24) is 24.6 Å². The van der Waals surface area contributed by atoms with Crippen LogP contribution in [0.4, 0.5) is 0 Å². The van der Waals surface area contributed by atoms with Crippen molar-refractivity contribution in [2.24, 2.45) is 0 Å². The van der Waals surface area contributed by atoms with E-state index in [-0.39, 0.29) is 25.0 Å². The molecule has 1 heterocycles. The number of carbonyl (C=O) groups is 4. The molecule has 3 rings (SSSR count). The van der Waals surface area contributed by atoms with Gasteiger partial charge in [-0.15, -0.1) is 0 Å². The molecule has 0 bridgehead atoms.